The van der Waals surface area contributed by atoms with Crippen LogP contribution in [0.15, 0.2) is 24.3 Å². The number of fused-ring (bicyclic) bond motifs is 1. The molecule has 2 aromatic heterocycles. The third-order valence-corrected chi connectivity index (χ3v) is 6.70. The molecule has 0 unspecified atom stereocenters. The molecule has 1 aromatic carbocycles. The molecule has 0 spiro atoms. The Hall–Kier alpha value is -3.37. The number of rotatable bonds is 9. The first-order chi connectivity index (χ1) is 17.4. The standard InChI is InChI=1S/C26H35N5O5/c1-16-13-22(30-11-9-18(10-12-30)26(32)27-15-23(35-5)36-6)31-25(28-16)24(17(2)29-31)19-7-8-20(33-3)21(14-19)34-4/h7-8,13-14,18,23H,9-12,15H2,1-6H3,(H,27,32). The second kappa shape index (κ2) is 11.1. The van der Waals surface area contributed by atoms with Crippen molar-refractivity contribution in [2.45, 2.75) is 33.0 Å². The number of anilines is 1. The first-order valence-electron chi connectivity index (χ1n) is 12.1. The lowest BCUT2D eigenvalue weighted by Gasteiger charge is -2.33. The molecule has 1 aliphatic rings. The van der Waals surface area contributed by atoms with E-state index in [1.54, 1.807) is 28.4 Å². The highest BCUT2D eigenvalue weighted by molar-refractivity contribution is 5.82. The number of amides is 1. The van der Waals surface area contributed by atoms with Crippen LogP contribution in [0.2, 0.25) is 0 Å². The van der Waals surface area contributed by atoms with E-state index in [4.69, 9.17) is 29.0 Å². The van der Waals surface area contributed by atoms with Gasteiger partial charge in [0.25, 0.3) is 0 Å². The number of benzene rings is 1. The number of hydrogen-bond acceptors (Lipinski definition) is 8. The third kappa shape index (κ3) is 5.10. The number of aromatic nitrogens is 3. The van der Waals surface area contributed by atoms with Crippen LogP contribution in [-0.4, -0.2) is 74.9 Å². The van der Waals surface area contributed by atoms with Crippen molar-refractivity contribution >= 4 is 17.4 Å². The molecule has 10 heteroatoms. The van der Waals surface area contributed by atoms with Gasteiger partial charge in [0.15, 0.2) is 23.4 Å². The summed E-state index contributed by atoms with van der Waals surface area (Å²) in [5.41, 5.74) is 4.50. The van der Waals surface area contributed by atoms with Crippen LogP contribution in [0.4, 0.5) is 5.82 Å². The van der Waals surface area contributed by atoms with Gasteiger partial charge in [-0.1, -0.05) is 6.07 Å². The summed E-state index contributed by atoms with van der Waals surface area (Å²) in [4.78, 5) is 19.8. The van der Waals surface area contributed by atoms with Crippen molar-refractivity contribution in [2.24, 2.45) is 5.92 Å². The molecule has 1 amide bonds. The fourth-order valence-corrected chi connectivity index (χ4v) is 4.74. The molecular weight excluding hydrogens is 462 g/mol. The minimum Gasteiger partial charge on any atom is -0.493 e. The monoisotopic (exact) mass is 497 g/mol. The largest absolute Gasteiger partial charge is 0.493 e. The quantitative estimate of drug-likeness (QED) is 0.451. The molecule has 1 N–H and O–H groups in total. The van der Waals surface area contributed by atoms with Crippen LogP contribution in [0.5, 0.6) is 11.5 Å². The topological polar surface area (TPSA) is 99.5 Å². The van der Waals surface area contributed by atoms with Crippen LogP contribution in [-0.2, 0) is 14.3 Å². The fraction of sp³-hybridized carbons (Fsp3) is 0.500. The van der Waals surface area contributed by atoms with Gasteiger partial charge < -0.3 is 29.2 Å². The molecule has 4 rings (SSSR count). The molecule has 194 valence electrons. The number of methoxy groups -OCH3 is 4. The van der Waals surface area contributed by atoms with Gasteiger partial charge in [-0.25, -0.2) is 4.98 Å². The summed E-state index contributed by atoms with van der Waals surface area (Å²) in [6.45, 7) is 5.82. The number of aryl methyl sites for hydroxylation is 2. The Balaban J connectivity index is 1.57. The van der Waals surface area contributed by atoms with Crippen molar-refractivity contribution in [3.63, 3.8) is 0 Å². The Morgan fingerprint density at radius 3 is 2.39 bits per heavy atom. The number of piperidine rings is 1. The van der Waals surface area contributed by atoms with E-state index in [-0.39, 0.29) is 11.8 Å². The van der Waals surface area contributed by atoms with Crippen molar-refractivity contribution in [1.82, 2.24) is 19.9 Å². The number of nitrogens with one attached hydrogen (secondary N) is 1. The van der Waals surface area contributed by atoms with Crippen molar-refractivity contribution < 1.29 is 23.7 Å². The molecule has 1 fully saturated rings. The van der Waals surface area contributed by atoms with Crippen LogP contribution in [0.3, 0.4) is 0 Å². The minimum absolute atomic E-state index is 0.0375. The molecule has 0 bridgehead atoms. The number of carbonyl (C=O) groups is 1. The third-order valence-electron chi connectivity index (χ3n) is 6.70. The van der Waals surface area contributed by atoms with Gasteiger partial charge in [-0.3, -0.25) is 4.79 Å². The summed E-state index contributed by atoms with van der Waals surface area (Å²) in [7, 11) is 6.37. The van der Waals surface area contributed by atoms with Gasteiger partial charge in [0, 0.05) is 50.6 Å². The first-order valence-corrected chi connectivity index (χ1v) is 12.1. The van der Waals surface area contributed by atoms with Crippen LogP contribution in [0, 0.1) is 19.8 Å². The lowest BCUT2D eigenvalue weighted by Crippen LogP contribution is -2.43. The molecule has 36 heavy (non-hydrogen) atoms. The van der Waals surface area contributed by atoms with Crippen molar-refractivity contribution in [3.05, 3.63) is 35.7 Å². The number of carbonyl (C=O) groups excluding carboxylic acids is 1. The van der Waals surface area contributed by atoms with E-state index >= 15 is 0 Å². The van der Waals surface area contributed by atoms with Crippen LogP contribution in [0.1, 0.15) is 24.2 Å². The number of ether oxygens (including phenoxy) is 4. The highest BCUT2D eigenvalue weighted by Gasteiger charge is 2.28. The summed E-state index contributed by atoms with van der Waals surface area (Å²) < 4.78 is 23.1. The Bertz CT molecular complexity index is 1220. The van der Waals surface area contributed by atoms with E-state index in [2.05, 4.69) is 16.3 Å². The second-order valence-electron chi connectivity index (χ2n) is 8.93. The molecule has 1 saturated heterocycles. The van der Waals surface area contributed by atoms with E-state index in [1.807, 2.05) is 36.6 Å². The maximum absolute atomic E-state index is 12.7. The maximum Gasteiger partial charge on any atom is 0.223 e. The predicted molar refractivity (Wildman–Crippen MR) is 137 cm³/mol. The molecular formula is C26H35N5O5. The highest BCUT2D eigenvalue weighted by Crippen LogP contribution is 2.36. The van der Waals surface area contributed by atoms with E-state index in [9.17, 15) is 4.79 Å². The summed E-state index contributed by atoms with van der Waals surface area (Å²) in [5, 5.41) is 7.80. The number of hydrogen-bond donors (Lipinski definition) is 1. The fourth-order valence-electron chi connectivity index (χ4n) is 4.74. The van der Waals surface area contributed by atoms with Gasteiger partial charge >= 0.3 is 0 Å². The summed E-state index contributed by atoms with van der Waals surface area (Å²) in [5.74, 6) is 2.30. The maximum atomic E-state index is 12.7. The van der Waals surface area contributed by atoms with Crippen molar-refractivity contribution in [3.8, 4) is 22.6 Å². The minimum atomic E-state index is -0.440. The second-order valence-corrected chi connectivity index (χ2v) is 8.93. The van der Waals surface area contributed by atoms with Crippen molar-refractivity contribution in [1.29, 1.82) is 0 Å². The zero-order valence-corrected chi connectivity index (χ0v) is 21.8. The molecule has 0 atom stereocenters. The van der Waals surface area contributed by atoms with Gasteiger partial charge in [0.05, 0.1) is 26.5 Å². The molecule has 0 radical (unpaired) electrons. The van der Waals surface area contributed by atoms with E-state index in [0.717, 1.165) is 59.9 Å². The van der Waals surface area contributed by atoms with Gasteiger partial charge in [-0.15, -0.1) is 0 Å². The first kappa shape index (κ1) is 25.7. The Morgan fingerprint density at radius 2 is 1.75 bits per heavy atom. The number of nitrogens with zero attached hydrogens (tertiary/aromatic N) is 4. The van der Waals surface area contributed by atoms with Gasteiger partial charge in [0.1, 0.15) is 5.82 Å². The lowest BCUT2D eigenvalue weighted by atomic mass is 9.96. The summed E-state index contributed by atoms with van der Waals surface area (Å²) in [6, 6.07) is 7.90. The Morgan fingerprint density at radius 1 is 1.06 bits per heavy atom. The summed E-state index contributed by atoms with van der Waals surface area (Å²) in [6.07, 6.45) is 1.06. The molecule has 3 heterocycles. The van der Waals surface area contributed by atoms with E-state index in [0.29, 0.717) is 18.0 Å². The van der Waals surface area contributed by atoms with E-state index < -0.39 is 6.29 Å². The lowest BCUT2D eigenvalue weighted by molar-refractivity contribution is -0.131. The molecule has 0 aliphatic carbocycles. The average Bonchev–Trinajstić information content (AvgIpc) is 3.23. The zero-order valence-electron chi connectivity index (χ0n) is 21.8. The molecule has 1 aliphatic heterocycles. The summed E-state index contributed by atoms with van der Waals surface area (Å²) >= 11 is 0. The predicted octanol–water partition coefficient (Wildman–Crippen LogP) is 2.98. The SMILES string of the molecule is COc1ccc(-c2c(C)nn3c(N4CCC(C(=O)NCC(OC)OC)CC4)cc(C)nc23)cc1OC. The zero-order chi connectivity index (χ0) is 25.8. The van der Waals surface area contributed by atoms with Gasteiger partial charge in [0.2, 0.25) is 5.91 Å². The van der Waals surface area contributed by atoms with Crippen LogP contribution < -0.4 is 19.7 Å². The molecule has 10 nitrogen and oxygen atoms in total. The molecule has 0 saturated carbocycles. The average molecular weight is 498 g/mol. The van der Waals surface area contributed by atoms with Gasteiger partial charge in [-0.2, -0.15) is 9.61 Å². The van der Waals surface area contributed by atoms with Gasteiger partial charge in [-0.05, 0) is 44.4 Å². The van der Waals surface area contributed by atoms with Crippen molar-refractivity contribution in [2.75, 3.05) is 53.0 Å². The Kier molecular flexibility index (Phi) is 7.95. The van der Waals surface area contributed by atoms with E-state index in [1.165, 1.54) is 0 Å². The van der Waals surface area contributed by atoms with Crippen LogP contribution >= 0.6 is 0 Å². The van der Waals surface area contributed by atoms with Crippen LogP contribution in [0.25, 0.3) is 16.8 Å². The Labute approximate surface area is 211 Å². The molecule has 3 aromatic rings. The highest BCUT2D eigenvalue weighted by atomic mass is 16.7. The smallest absolute Gasteiger partial charge is 0.223 e. The normalized spacial score (nSPS) is 14.5.